The molecule has 0 aromatic carbocycles. The third-order valence-electron chi connectivity index (χ3n) is 3.11. The second-order valence-electron chi connectivity index (χ2n) is 4.13. The summed E-state index contributed by atoms with van der Waals surface area (Å²) in [7, 11) is 0. The molecule has 1 amide bonds. The van der Waals surface area contributed by atoms with Gasteiger partial charge in [-0.2, -0.15) is 0 Å². The van der Waals surface area contributed by atoms with E-state index in [1.165, 1.54) is 0 Å². The fourth-order valence-corrected chi connectivity index (χ4v) is 2.26. The number of carbonyl (C=O) groups excluding carboxylic acids is 1. The number of fused-ring (bicyclic) bond motifs is 1. The average molecular weight is 184 g/mol. The maximum absolute atomic E-state index is 11.6. The SMILES string of the molecule is C[C@@H](CO)NC(=O)C1C2CNC1C2. The van der Waals surface area contributed by atoms with Crippen LogP contribution in [-0.2, 0) is 4.79 Å². The summed E-state index contributed by atoms with van der Waals surface area (Å²) in [4.78, 5) is 11.6. The highest BCUT2D eigenvalue weighted by atomic mass is 16.3. The molecular formula is C9H16N2O2. The predicted octanol–water partition coefficient (Wildman–Crippen LogP) is -0.909. The van der Waals surface area contributed by atoms with Crippen molar-refractivity contribution in [1.82, 2.24) is 10.6 Å². The second-order valence-corrected chi connectivity index (χ2v) is 4.13. The molecule has 2 saturated heterocycles. The van der Waals surface area contributed by atoms with E-state index in [-0.39, 0.29) is 24.5 Å². The van der Waals surface area contributed by atoms with Gasteiger partial charge < -0.3 is 15.7 Å². The van der Waals surface area contributed by atoms with Gasteiger partial charge in [-0.05, 0) is 25.8 Å². The third kappa shape index (κ3) is 1.44. The molecule has 13 heavy (non-hydrogen) atoms. The molecule has 1 aliphatic carbocycles. The van der Waals surface area contributed by atoms with Crippen LogP contribution in [0.15, 0.2) is 0 Å². The van der Waals surface area contributed by atoms with E-state index in [0.29, 0.717) is 12.0 Å². The van der Waals surface area contributed by atoms with Crippen molar-refractivity contribution in [3.05, 3.63) is 0 Å². The lowest BCUT2D eigenvalue weighted by Gasteiger charge is -2.33. The molecule has 3 N–H and O–H groups in total. The Kier molecular flexibility index (Phi) is 2.26. The first-order valence-electron chi connectivity index (χ1n) is 4.87. The normalized spacial score (nSPS) is 38.2. The molecule has 0 spiro atoms. The van der Waals surface area contributed by atoms with E-state index in [9.17, 15) is 4.79 Å². The molecule has 2 heterocycles. The van der Waals surface area contributed by atoms with Gasteiger partial charge in [-0.25, -0.2) is 0 Å². The molecule has 2 aliphatic heterocycles. The monoisotopic (exact) mass is 184 g/mol. The van der Waals surface area contributed by atoms with Crippen molar-refractivity contribution in [3.63, 3.8) is 0 Å². The van der Waals surface area contributed by atoms with Crippen LogP contribution in [0.4, 0.5) is 0 Å². The van der Waals surface area contributed by atoms with Crippen LogP contribution in [0, 0.1) is 11.8 Å². The number of aliphatic hydroxyl groups excluding tert-OH is 1. The summed E-state index contributed by atoms with van der Waals surface area (Å²) in [5.74, 6) is 0.803. The van der Waals surface area contributed by atoms with E-state index in [0.717, 1.165) is 13.0 Å². The lowest BCUT2D eigenvalue weighted by Crippen LogP contribution is -2.50. The Labute approximate surface area is 77.7 Å². The van der Waals surface area contributed by atoms with Crippen molar-refractivity contribution >= 4 is 5.91 Å². The first-order valence-corrected chi connectivity index (χ1v) is 4.87. The smallest absolute Gasteiger partial charge is 0.225 e. The van der Waals surface area contributed by atoms with E-state index in [2.05, 4.69) is 10.6 Å². The lowest BCUT2D eigenvalue weighted by atomic mass is 9.73. The fraction of sp³-hybridized carbons (Fsp3) is 0.889. The molecule has 4 nitrogen and oxygen atoms in total. The van der Waals surface area contributed by atoms with Crippen molar-refractivity contribution in [1.29, 1.82) is 0 Å². The summed E-state index contributed by atoms with van der Waals surface area (Å²) in [5.41, 5.74) is 0. The highest BCUT2D eigenvalue weighted by Crippen LogP contribution is 2.39. The number of nitrogens with one attached hydrogen (secondary N) is 2. The summed E-state index contributed by atoms with van der Waals surface area (Å²) >= 11 is 0. The molecule has 3 unspecified atom stereocenters. The van der Waals surface area contributed by atoms with E-state index in [1.807, 2.05) is 6.92 Å². The van der Waals surface area contributed by atoms with Gasteiger partial charge in [-0.15, -0.1) is 0 Å². The minimum atomic E-state index is -0.118. The Morgan fingerprint density at radius 2 is 2.54 bits per heavy atom. The van der Waals surface area contributed by atoms with Crippen molar-refractivity contribution in [3.8, 4) is 0 Å². The van der Waals surface area contributed by atoms with Gasteiger partial charge in [-0.3, -0.25) is 4.79 Å². The molecule has 2 bridgehead atoms. The standard InChI is InChI=1S/C9H16N2O2/c1-5(4-12)11-9(13)8-6-2-7(8)10-3-6/h5-8,10,12H,2-4H2,1H3,(H,11,13)/t5-,6?,7?,8?/m0/s1. The molecular weight excluding hydrogens is 168 g/mol. The minimum Gasteiger partial charge on any atom is -0.394 e. The van der Waals surface area contributed by atoms with E-state index in [1.54, 1.807) is 0 Å². The van der Waals surface area contributed by atoms with Crippen LogP contribution in [0.2, 0.25) is 0 Å². The zero-order valence-electron chi connectivity index (χ0n) is 7.79. The minimum absolute atomic E-state index is 0.0151. The number of aliphatic hydroxyl groups is 1. The number of carbonyl (C=O) groups is 1. The van der Waals surface area contributed by atoms with Crippen LogP contribution in [-0.4, -0.2) is 36.2 Å². The number of hydrogen-bond acceptors (Lipinski definition) is 3. The summed E-state index contributed by atoms with van der Waals surface area (Å²) < 4.78 is 0. The van der Waals surface area contributed by atoms with Crippen LogP contribution in [0.3, 0.4) is 0 Å². The second kappa shape index (κ2) is 3.27. The van der Waals surface area contributed by atoms with Crippen LogP contribution < -0.4 is 10.6 Å². The molecule has 0 aromatic rings. The molecule has 74 valence electrons. The average Bonchev–Trinajstić information content (AvgIpc) is 2.63. The number of rotatable bonds is 3. The van der Waals surface area contributed by atoms with E-state index in [4.69, 9.17) is 5.11 Å². The van der Waals surface area contributed by atoms with Gasteiger partial charge in [0.05, 0.1) is 12.5 Å². The Hall–Kier alpha value is -0.610. The summed E-state index contributed by atoms with van der Waals surface area (Å²) in [6, 6.07) is 0.281. The first kappa shape index (κ1) is 8.97. The Morgan fingerprint density at radius 3 is 3.00 bits per heavy atom. The molecule has 4 atom stereocenters. The fourth-order valence-electron chi connectivity index (χ4n) is 2.26. The highest BCUT2D eigenvalue weighted by Gasteiger charge is 2.50. The molecule has 3 fully saturated rings. The number of amides is 1. The van der Waals surface area contributed by atoms with Gasteiger partial charge in [0, 0.05) is 12.1 Å². The highest BCUT2D eigenvalue weighted by molar-refractivity contribution is 5.81. The predicted molar refractivity (Wildman–Crippen MR) is 48.1 cm³/mol. The summed E-state index contributed by atoms with van der Waals surface area (Å²) in [6.45, 7) is 2.81. The zero-order chi connectivity index (χ0) is 9.42. The maximum Gasteiger partial charge on any atom is 0.225 e. The van der Waals surface area contributed by atoms with Gasteiger partial charge in [0.15, 0.2) is 0 Å². The van der Waals surface area contributed by atoms with Crippen molar-refractivity contribution in [2.75, 3.05) is 13.2 Å². The molecule has 3 aliphatic rings. The van der Waals surface area contributed by atoms with Crippen molar-refractivity contribution in [2.45, 2.75) is 25.4 Å². The van der Waals surface area contributed by atoms with Crippen LogP contribution in [0.5, 0.6) is 0 Å². The third-order valence-corrected chi connectivity index (χ3v) is 3.11. The molecule has 3 rings (SSSR count). The molecule has 1 saturated carbocycles. The van der Waals surface area contributed by atoms with Crippen LogP contribution in [0.25, 0.3) is 0 Å². The van der Waals surface area contributed by atoms with Gasteiger partial charge in [0.2, 0.25) is 5.91 Å². The Morgan fingerprint density at radius 1 is 1.77 bits per heavy atom. The summed E-state index contributed by atoms with van der Waals surface area (Å²) in [6.07, 6.45) is 1.14. The van der Waals surface area contributed by atoms with Crippen molar-refractivity contribution < 1.29 is 9.90 Å². The van der Waals surface area contributed by atoms with Gasteiger partial charge in [-0.1, -0.05) is 0 Å². The largest absolute Gasteiger partial charge is 0.394 e. The van der Waals surface area contributed by atoms with Crippen LogP contribution >= 0.6 is 0 Å². The Balaban J connectivity index is 1.85. The quantitative estimate of drug-likeness (QED) is 0.532. The maximum atomic E-state index is 11.6. The number of hydrogen-bond donors (Lipinski definition) is 3. The summed E-state index contributed by atoms with van der Waals surface area (Å²) in [5, 5.41) is 14.9. The topological polar surface area (TPSA) is 61.4 Å². The van der Waals surface area contributed by atoms with Gasteiger partial charge in [0.1, 0.15) is 0 Å². The lowest BCUT2D eigenvalue weighted by molar-refractivity contribution is -0.130. The molecule has 0 aromatic heterocycles. The molecule has 4 heteroatoms. The van der Waals surface area contributed by atoms with Crippen molar-refractivity contribution in [2.24, 2.45) is 11.8 Å². The Bertz CT molecular complexity index is 206. The molecule has 0 radical (unpaired) electrons. The zero-order valence-corrected chi connectivity index (χ0v) is 7.79. The van der Waals surface area contributed by atoms with E-state index >= 15 is 0 Å². The van der Waals surface area contributed by atoms with Gasteiger partial charge >= 0.3 is 0 Å². The van der Waals surface area contributed by atoms with Gasteiger partial charge in [0.25, 0.3) is 0 Å². The first-order chi connectivity index (χ1) is 6.22. The van der Waals surface area contributed by atoms with E-state index < -0.39 is 0 Å². The van der Waals surface area contributed by atoms with Crippen LogP contribution in [0.1, 0.15) is 13.3 Å².